The molecule has 0 fully saturated rings. The van der Waals surface area contributed by atoms with E-state index in [-0.39, 0.29) is 5.97 Å². The molecule has 0 aromatic rings. The maximum atomic E-state index is 10.9. The molecule has 0 saturated heterocycles. The molecule has 0 atom stereocenters. The van der Waals surface area contributed by atoms with Crippen LogP contribution >= 0.6 is 0 Å². The predicted molar refractivity (Wildman–Crippen MR) is 92.9 cm³/mol. The second-order valence-electron chi connectivity index (χ2n) is 5.99. The normalized spacial score (nSPS) is 11.2. The van der Waals surface area contributed by atoms with Gasteiger partial charge in [0.25, 0.3) is 0 Å². The molecule has 0 bridgehead atoms. The maximum absolute atomic E-state index is 10.9. The lowest BCUT2D eigenvalue weighted by Gasteiger charge is -2.00. The van der Waals surface area contributed by atoms with E-state index in [0.717, 1.165) is 19.3 Å². The van der Waals surface area contributed by atoms with Gasteiger partial charge in [0.2, 0.25) is 0 Å². The van der Waals surface area contributed by atoms with Crippen molar-refractivity contribution in [2.75, 3.05) is 13.7 Å². The summed E-state index contributed by atoms with van der Waals surface area (Å²) in [6.07, 6.45) is 20.8. The van der Waals surface area contributed by atoms with Gasteiger partial charge in [0.05, 0.1) is 7.11 Å². The highest BCUT2D eigenvalue weighted by Gasteiger charge is 1.98. The Hall–Kier alpha value is -0.830. The Morgan fingerprint density at radius 3 is 1.73 bits per heavy atom. The molecule has 22 heavy (non-hydrogen) atoms. The molecule has 0 aliphatic heterocycles. The SMILES string of the molecule is COC(=O)CCCCCCCC=CCCCCCCCCO. The van der Waals surface area contributed by atoms with Crippen LogP contribution in [0.4, 0.5) is 0 Å². The van der Waals surface area contributed by atoms with E-state index in [2.05, 4.69) is 16.9 Å². The summed E-state index contributed by atoms with van der Waals surface area (Å²) in [5.41, 5.74) is 0. The zero-order chi connectivity index (χ0) is 16.3. The van der Waals surface area contributed by atoms with Crippen molar-refractivity contribution < 1.29 is 14.6 Å². The van der Waals surface area contributed by atoms with Gasteiger partial charge in [-0.05, 0) is 38.5 Å². The summed E-state index contributed by atoms with van der Waals surface area (Å²) in [6, 6.07) is 0. The molecule has 0 aliphatic rings. The number of hydrogen-bond donors (Lipinski definition) is 1. The van der Waals surface area contributed by atoms with Gasteiger partial charge in [0.1, 0.15) is 0 Å². The summed E-state index contributed by atoms with van der Waals surface area (Å²) in [5.74, 6) is -0.0867. The third kappa shape index (κ3) is 17.2. The maximum Gasteiger partial charge on any atom is 0.305 e. The number of rotatable bonds is 16. The molecule has 0 saturated carbocycles. The van der Waals surface area contributed by atoms with E-state index < -0.39 is 0 Å². The summed E-state index contributed by atoms with van der Waals surface area (Å²) >= 11 is 0. The molecule has 0 aromatic carbocycles. The minimum absolute atomic E-state index is 0.0867. The van der Waals surface area contributed by atoms with Crippen molar-refractivity contribution in [2.24, 2.45) is 0 Å². The quantitative estimate of drug-likeness (QED) is 0.243. The molecule has 3 heteroatoms. The lowest BCUT2D eigenvalue weighted by atomic mass is 10.1. The molecule has 0 amide bonds. The first kappa shape index (κ1) is 21.2. The van der Waals surface area contributed by atoms with Gasteiger partial charge in [0.15, 0.2) is 0 Å². The first-order valence-electron chi connectivity index (χ1n) is 9.14. The predicted octanol–water partition coefficient (Wildman–Crippen LogP) is 5.17. The number of allylic oxidation sites excluding steroid dienone is 2. The Bertz CT molecular complexity index is 261. The van der Waals surface area contributed by atoms with Crippen molar-refractivity contribution in [1.82, 2.24) is 0 Å². The van der Waals surface area contributed by atoms with Crippen molar-refractivity contribution in [3.8, 4) is 0 Å². The Morgan fingerprint density at radius 1 is 0.773 bits per heavy atom. The summed E-state index contributed by atoms with van der Waals surface area (Å²) in [4.78, 5) is 10.9. The van der Waals surface area contributed by atoms with Gasteiger partial charge in [-0.1, -0.05) is 57.1 Å². The van der Waals surface area contributed by atoms with E-state index in [1.165, 1.54) is 71.3 Å². The topological polar surface area (TPSA) is 46.5 Å². The van der Waals surface area contributed by atoms with Gasteiger partial charge >= 0.3 is 5.97 Å². The minimum atomic E-state index is -0.0867. The number of hydrogen-bond acceptors (Lipinski definition) is 3. The first-order valence-corrected chi connectivity index (χ1v) is 9.14. The molecule has 0 unspecified atom stereocenters. The number of aliphatic hydroxyl groups excluding tert-OH is 1. The van der Waals surface area contributed by atoms with Crippen LogP contribution in [0.15, 0.2) is 12.2 Å². The van der Waals surface area contributed by atoms with Crippen LogP contribution < -0.4 is 0 Å². The van der Waals surface area contributed by atoms with E-state index in [1.54, 1.807) is 0 Å². The van der Waals surface area contributed by atoms with Crippen LogP contribution in [-0.4, -0.2) is 24.8 Å². The molecule has 130 valence electrons. The minimum Gasteiger partial charge on any atom is -0.469 e. The summed E-state index contributed by atoms with van der Waals surface area (Å²) in [7, 11) is 1.45. The number of methoxy groups -OCH3 is 1. The van der Waals surface area contributed by atoms with Crippen molar-refractivity contribution in [2.45, 2.75) is 89.9 Å². The van der Waals surface area contributed by atoms with Crippen LogP contribution in [0, 0.1) is 0 Å². The summed E-state index contributed by atoms with van der Waals surface area (Å²) < 4.78 is 4.62. The molecule has 0 radical (unpaired) electrons. The Morgan fingerprint density at radius 2 is 1.23 bits per heavy atom. The molecule has 0 aliphatic carbocycles. The van der Waals surface area contributed by atoms with Crippen molar-refractivity contribution in [3.63, 3.8) is 0 Å². The van der Waals surface area contributed by atoms with E-state index in [0.29, 0.717) is 13.0 Å². The zero-order valence-electron chi connectivity index (χ0n) is 14.5. The molecule has 0 heterocycles. The molecule has 0 spiro atoms. The summed E-state index contributed by atoms with van der Waals surface area (Å²) in [5, 5.41) is 8.67. The standard InChI is InChI=1S/C19H36O3/c1-22-19(21)17-15-13-11-9-7-5-3-2-4-6-8-10-12-14-16-18-20/h2-3,20H,4-18H2,1H3. The Balaban J connectivity index is 3.10. The number of carbonyl (C=O) groups is 1. The lowest BCUT2D eigenvalue weighted by Crippen LogP contribution is -1.98. The fourth-order valence-corrected chi connectivity index (χ4v) is 2.48. The smallest absolute Gasteiger partial charge is 0.305 e. The van der Waals surface area contributed by atoms with Gasteiger partial charge in [0, 0.05) is 13.0 Å². The third-order valence-corrected chi connectivity index (χ3v) is 3.92. The van der Waals surface area contributed by atoms with Crippen molar-refractivity contribution in [1.29, 1.82) is 0 Å². The third-order valence-electron chi connectivity index (χ3n) is 3.92. The number of carbonyl (C=O) groups excluding carboxylic acids is 1. The Kier molecular flexibility index (Phi) is 17.5. The number of ether oxygens (including phenoxy) is 1. The van der Waals surface area contributed by atoms with E-state index in [1.807, 2.05) is 0 Å². The van der Waals surface area contributed by atoms with Crippen LogP contribution in [0.2, 0.25) is 0 Å². The number of aliphatic hydroxyl groups is 1. The number of unbranched alkanes of at least 4 members (excludes halogenated alkanes) is 11. The second kappa shape index (κ2) is 18.2. The first-order chi connectivity index (χ1) is 10.8. The van der Waals surface area contributed by atoms with Crippen molar-refractivity contribution >= 4 is 5.97 Å². The fraction of sp³-hybridized carbons (Fsp3) is 0.842. The Labute approximate surface area is 137 Å². The highest BCUT2D eigenvalue weighted by Crippen LogP contribution is 2.10. The van der Waals surface area contributed by atoms with Gasteiger partial charge in [-0.15, -0.1) is 0 Å². The van der Waals surface area contributed by atoms with Gasteiger partial charge in [-0.2, -0.15) is 0 Å². The van der Waals surface area contributed by atoms with Gasteiger partial charge in [-0.3, -0.25) is 4.79 Å². The zero-order valence-corrected chi connectivity index (χ0v) is 14.5. The molecule has 0 rings (SSSR count). The van der Waals surface area contributed by atoms with E-state index in [9.17, 15) is 4.79 Å². The average molecular weight is 312 g/mol. The van der Waals surface area contributed by atoms with Crippen LogP contribution in [0.5, 0.6) is 0 Å². The van der Waals surface area contributed by atoms with Gasteiger partial charge in [-0.25, -0.2) is 0 Å². The molecule has 0 aromatic heterocycles. The highest BCUT2D eigenvalue weighted by molar-refractivity contribution is 5.68. The number of esters is 1. The summed E-state index contributed by atoms with van der Waals surface area (Å²) in [6.45, 7) is 0.341. The average Bonchev–Trinajstić information content (AvgIpc) is 2.54. The van der Waals surface area contributed by atoms with E-state index >= 15 is 0 Å². The lowest BCUT2D eigenvalue weighted by molar-refractivity contribution is -0.140. The monoisotopic (exact) mass is 312 g/mol. The second-order valence-corrected chi connectivity index (χ2v) is 5.99. The van der Waals surface area contributed by atoms with Crippen LogP contribution in [0.3, 0.4) is 0 Å². The molecule has 1 N–H and O–H groups in total. The molecule has 3 nitrogen and oxygen atoms in total. The largest absolute Gasteiger partial charge is 0.469 e. The highest BCUT2D eigenvalue weighted by atomic mass is 16.5. The van der Waals surface area contributed by atoms with Crippen LogP contribution in [0.25, 0.3) is 0 Å². The molecular weight excluding hydrogens is 276 g/mol. The van der Waals surface area contributed by atoms with E-state index in [4.69, 9.17) is 5.11 Å². The van der Waals surface area contributed by atoms with Crippen LogP contribution in [-0.2, 0) is 9.53 Å². The van der Waals surface area contributed by atoms with Crippen molar-refractivity contribution in [3.05, 3.63) is 12.2 Å². The fourth-order valence-electron chi connectivity index (χ4n) is 2.48. The van der Waals surface area contributed by atoms with Crippen LogP contribution in [0.1, 0.15) is 89.9 Å². The molecular formula is C19H36O3. The van der Waals surface area contributed by atoms with Gasteiger partial charge < -0.3 is 9.84 Å².